The molecule has 1 aliphatic heterocycles. The van der Waals surface area contributed by atoms with Crippen LogP contribution in [0.15, 0.2) is 24.3 Å². The molecule has 1 saturated carbocycles. The van der Waals surface area contributed by atoms with E-state index in [1.54, 1.807) is 0 Å². The summed E-state index contributed by atoms with van der Waals surface area (Å²) in [6, 6.07) is 7.98. The maximum atomic E-state index is 12.7. The largest absolute Gasteiger partial charge is 0.388 e. The summed E-state index contributed by atoms with van der Waals surface area (Å²) in [5.74, 6) is 0.146. The van der Waals surface area contributed by atoms with Crippen LogP contribution in [0, 0.1) is 0 Å². The van der Waals surface area contributed by atoms with Gasteiger partial charge in [-0.15, -0.1) is 0 Å². The van der Waals surface area contributed by atoms with Crippen LogP contribution >= 0.6 is 0 Å². The maximum Gasteiger partial charge on any atom is 0.254 e. The van der Waals surface area contributed by atoms with Crippen molar-refractivity contribution >= 4 is 11.6 Å². The van der Waals surface area contributed by atoms with Crippen LogP contribution in [0.4, 0.5) is 5.69 Å². The second-order valence-electron chi connectivity index (χ2n) is 5.59. The number of amides is 1. The molecule has 2 aliphatic rings. The van der Waals surface area contributed by atoms with Gasteiger partial charge in [0.15, 0.2) is 0 Å². The Morgan fingerprint density at radius 1 is 1.25 bits per heavy atom. The standard InChI is InChI=1S/C16H22N2O2/c1-17-13-8-6-12(7-9-13)16(19)18-10-11-20-15-5-3-2-4-14(15)18/h6-9,14-15,17H,2-5,10-11H2,1H3. The highest BCUT2D eigenvalue weighted by atomic mass is 16.5. The molecule has 2 unspecified atom stereocenters. The minimum absolute atomic E-state index is 0.146. The normalized spacial score (nSPS) is 25.9. The summed E-state index contributed by atoms with van der Waals surface area (Å²) in [6.45, 7) is 1.38. The fraction of sp³-hybridized carbons (Fsp3) is 0.562. The predicted octanol–water partition coefficient (Wildman–Crippen LogP) is 2.51. The molecule has 2 fully saturated rings. The van der Waals surface area contributed by atoms with E-state index in [-0.39, 0.29) is 18.1 Å². The number of nitrogens with zero attached hydrogens (tertiary/aromatic N) is 1. The summed E-state index contributed by atoms with van der Waals surface area (Å²) in [6.07, 6.45) is 4.84. The molecule has 2 atom stereocenters. The van der Waals surface area contributed by atoms with Gasteiger partial charge < -0.3 is 15.0 Å². The highest BCUT2D eigenvalue weighted by molar-refractivity contribution is 5.94. The molecule has 0 aromatic heterocycles. The Kier molecular flexibility index (Phi) is 3.92. The van der Waals surface area contributed by atoms with Gasteiger partial charge in [0, 0.05) is 24.8 Å². The first-order chi connectivity index (χ1) is 9.79. The van der Waals surface area contributed by atoms with Crippen molar-refractivity contribution in [1.82, 2.24) is 4.90 Å². The molecular formula is C16H22N2O2. The minimum atomic E-state index is 0.146. The lowest BCUT2D eigenvalue weighted by Gasteiger charge is -2.43. The highest BCUT2D eigenvalue weighted by Crippen LogP contribution is 2.29. The van der Waals surface area contributed by atoms with Gasteiger partial charge in [-0.25, -0.2) is 0 Å². The molecule has 4 nitrogen and oxygen atoms in total. The summed E-state index contributed by atoms with van der Waals surface area (Å²) in [5.41, 5.74) is 1.80. The first-order valence-electron chi connectivity index (χ1n) is 7.50. The number of morpholine rings is 1. The van der Waals surface area contributed by atoms with Gasteiger partial charge in [-0.05, 0) is 37.1 Å². The topological polar surface area (TPSA) is 41.6 Å². The van der Waals surface area contributed by atoms with Gasteiger partial charge in [0.2, 0.25) is 0 Å². The minimum Gasteiger partial charge on any atom is -0.388 e. The Hall–Kier alpha value is -1.55. The fourth-order valence-electron chi connectivity index (χ4n) is 3.29. The molecule has 108 valence electrons. The van der Waals surface area contributed by atoms with Crippen molar-refractivity contribution in [1.29, 1.82) is 0 Å². The van der Waals surface area contributed by atoms with Crippen LogP contribution in [0.5, 0.6) is 0 Å². The number of carbonyl (C=O) groups excluding carboxylic acids is 1. The SMILES string of the molecule is CNc1ccc(C(=O)N2CCOC3CCCCC32)cc1. The Bertz CT molecular complexity index is 470. The van der Waals surface area contributed by atoms with Crippen molar-refractivity contribution in [2.75, 3.05) is 25.5 Å². The van der Waals surface area contributed by atoms with Crippen LogP contribution < -0.4 is 5.32 Å². The molecule has 1 aromatic rings. The summed E-state index contributed by atoms with van der Waals surface area (Å²) in [7, 11) is 1.88. The quantitative estimate of drug-likeness (QED) is 0.901. The summed E-state index contributed by atoms with van der Waals surface area (Å²) in [5, 5.41) is 3.07. The summed E-state index contributed by atoms with van der Waals surface area (Å²) >= 11 is 0. The number of ether oxygens (including phenoxy) is 1. The number of hydrogen-bond donors (Lipinski definition) is 1. The van der Waals surface area contributed by atoms with Crippen LogP contribution in [0.1, 0.15) is 36.0 Å². The van der Waals surface area contributed by atoms with Crippen molar-refractivity contribution in [3.63, 3.8) is 0 Å². The molecular weight excluding hydrogens is 252 g/mol. The number of hydrogen-bond acceptors (Lipinski definition) is 3. The zero-order valence-electron chi connectivity index (χ0n) is 12.0. The molecule has 3 rings (SSSR count). The maximum absolute atomic E-state index is 12.7. The number of nitrogens with one attached hydrogen (secondary N) is 1. The molecule has 0 bridgehead atoms. The monoisotopic (exact) mass is 274 g/mol. The molecule has 1 aliphatic carbocycles. The number of carbonyl (C=O) groups is 1. The van der Waals surface area contributed by atoms with E-state index in [4.69, 9.17) is 4.74 Å². The van der Waals surface area contributed by atoms with E-state index >= 15 is 0 Å². The van der Waals surface area contributed by atoms with E-state index in [1.165, 1.54) is 12.8 Å². The van der Waals surface area contributed by atoms with Gasteiger partial charge in [0.25, 0.3) is 5.91 Å². The molecule has 1 N–H and O–H groups in total. The van der Waals surface area contributed by atoms with Gasteiger partial charge in [0.1, 0.15) is 0 Å². The zero-order valence-corrected chi connectivity index (χ0v) is 12.0. The average molecular weight is 274 g/mol. The Balaban J connectivity index is 1.77. The van der Waals surface area contributed by atoms with Crippen LogP contribution in [0.2, 0.25) is 0 Å². The van der Waals surface area contributed by atoms with Crippen molar-refractivity contribution < 1.29 is 9.53 Å². The Morgan fingerprint density at radius 3 is 2.75 bits per heavy atom. The lowest BCUT2D eigenvalue weighted by atomic mass is 9.89. The number of anilines is 1. The summed E-state index contributed by atoms with van der Waals surface area (Å²) < 4.78 is 5.83. The molecule has 0 spiro atoms. The molecule has 0 radical (unpaired) electrons. The van der Waals surface area contributed by atoms with E-state index in [1.807, 2.05) is 36.2 Å². The second kappa shape index (κ2) is 5.83. The third kappa shape index (κ3) is 2.52. The fourth-order valence-corrected chi connectivity index (χ4v) is 3.29. The Labute approximate surface area is 120 Å². The van der Waals surface area contributed by atoms with E-state index < -0.39 is 0 Å². The average Bonchev–Trinajstić information content (AvgIpc) is 2.54. The van der Waals surface area contributed by atoms with Crippen molar-refractivity contribution in [3.05, 3.63) is 29.8 Å². The molecule has 1 aromatic carbocycles. The molecule has 1 heterocycles. The molecule has 20 heavy (non-hydrogen) atoms. The molecule has 1 saturated heterocycles. The zero-order chi connectivity index (χ0) is 13.9. The van der Waals surface area contributed by atoms with Gasteiger partial charge in [-0.3, -0.25) is 4.79 Å². The van der Waals surface area contributed by atoms with Crippen molar-refractivity contribution in [2.45, 2.75) is 37.8 Å². The van der Waals surface area contributed by atoms with Crippen LogP contribution in [0.25, 0.3) is 0 Å². The molecule has 1 amide bonds. The van der Waals surface area contributed by atoms with Crippen molar-refractivity contribution in [3.8, 4) is 0 Å². The lowest BCUT2D eigenvalue weighted by molar-refractivity contribution is -0.0752. The first-order valence-corrected chi connectivity index (χ1v) is 7.50. The van der Waals surface area contributed by atoms with Gasteiger partial charge in [0.05, 0.1) is 18.8 Å². The molecule has 4 heteroatoms. The summed E-state index contributed by atoms with van der Waals surface area (Å²) in [4.78, 5) is 14.7. The second-order valence-corrected chi connectivity index (χ2v) is 5.59. The predicted molar refractivity (Wildman–Crippen MR) is 79.0 cm³/mol. The highest BCUT2D eigenvalue weighted by Gasteiger charge is 2.36. The third-order valence-corrected chi connectivity index (χ3v) is 4.41. The third-order valence-electron chi connectivity index (χ3n) is 4.41. The van der Waals surface area contributed by atoms with Gasteiger partial charge in [-0.1, -0.05) is 12.8 Å². The Morgan fingerprint density at radius 2 is 2.00 bits per heavy atom. The van der Waals surface area contributed by atoms with Gasteiger partial charge in [-0.2, -0.15) is 0 Å². The number of fused-ring (bicyclic) bond motifs is 1. The smallest absolute Gasteiger partial charge is 0.254 e. The van der Waals surface area contributed by atoms with E-state index in [0.29, 0.717) is 13.2 Å². The van der Waals surface area contributed by atoms with Crippen LogP contribution in [-0.2, 0) is 4.74 Å². The lowest BCUT2D eigenvalue weighted by Crippen LogP contribution is -2.54. The van der Waals surface area contributed by atoms with Crippen molar-refractivity contribution in [2.24, 2.45) is 0 Å². The van der Waals surface area contributed by atoms with Gasteiger partial charge >= 0.3 is 0 Å². The van der Waals surface area contributed by atoms with E-state index in [9.17, 15) is 4.79 Å². The number of rotatable bonds is 2. The van der Waals surface area contributed by atoms with Crippen LogP contribution in [-0.4, -0.2) is 43.2 Å². The number of benzene rings is 1. The first kappa shape index (κ1) is 13.4. The van der Waals surface area contributed by atoms with Crippen LogP contribution in [0.3, 0.4) is 0 Å². The van der Waals surface area contributed by atoms with E-state index in [2.05, 4.69) is 5.32 Å². The van der Waals surface area contributed by atoms with E-state index in [0.717, 1.165) is 24.1 Å².